The van der Waals surface area contributed by atoms with Gasteiger partial charge in [-0.25, -0.2) is 0 Å². The van der Waals surface area contributed by atoms with Crippen molar-refractivity contribution in [3.63, 3.8) is 0 Å². The Bertz CT molecular complexity index is 172. The van der Waals surface area contributed by atoms with Crippen LogP contribution >= 0.6 is 0 Å². The van der Waals surface area contributed by atoms with Gasteiger partial charge in [0.25, 0.3) is 0 Å². The van der Waals surface area contributed by atoms with E-state index in [1.165, 1.54) is 12.8 Å². The number of hydrogen-bond donors (Lipinski definition) is 0. The Morgan fingerprint density at radius 3 is 3.00 bits per heavy atom. The molecule has 0 saturated heterocycles. The average Bonchev–Trinajstić information content (AvgIpc) is 2.60. The SMILES string of the molecule is COC[SiH2]C1CC2C=CC1C2.[H+]. The van der Waals surface area contributed by atoms with Crippen LogP contribution in [-0.2, 0) is 4.74 Å². The van der Waals surface area contributed by atoms with E-state index in [0.717, 1.165) is 23.6 Å². The van der Waals surface area contributed by atoms with Gasteiger partial charge in [-0.2, -0.15) is 0 Å². The Morgan fingerprint density at radius 2 is 2.45 bits per heavy atom. The van der Waals surface area contributed by atoms with Crippen molar-refractivity contribution >= 4 is 9.52 Å². The number of rotatable bonds is 3. The minimum atomic E-state index is 0. The summed E-state index contributed by atoms with van der Waals surface area (Å²) in [6, 6.07) is 0. The third-order valence-corrected chi connectivity index (χ3v) is 5.43. The average molecular weight is 169 g/mol. The van der Waals surface area contributed by atoms with Gasteiger partial charge in [-0.05, 0) is 30.2 Å². The van der Waals surface area contributed by atoms with Gasteiger partial charge in [0.05, 0.1) is 9.52 Å². The van der Waals surface area contributed by atoms with Crippen LogP contribution in [0, 0.1) is 11.8 Å². The lowest BCUT2D eigenvalue weighted by molar-refractivity contribution is 0.250. The summed E-state index contributed by atoms with van der Waals surface area (Å²) < 4.78 is 5.15. The molecule has 0 aromatic heterocycles. The van der Waals surface area contributed by atoms with E-state index in [9.17, 15) is 0 Å². The van der Waals surface area contributed by atoms with Crippen LogP contribution in [0.2, 0.25) is 5.54 Å². The fraction of sp³-hybridized carbons (Fsp3) is 0.778. The number of methoxy groups -OCH3 is 1. The summed E-state index contributed by atoms with van der Waals surface area (Å²) in [5.74, 6) is 1.91. The van der Waals surface area contributed by atoms with E-state index in [-0.39, 0.29) is 10.9 Å². The van der Waals surface area contributed by atoms with Gasteiger partial charge >= 0.3 is 1.43 Å². The second kappa shape index (κ2) is 3.11. The van der Waals surface area contributed by atoms with Crippen LogP contribution in [0.5, 0.6) is 0 Å². The molecule has 0 spiro atoms. The molecule has 3 unspecified atom stereocenters. The van der Waals surface area contributed by atoms with Crippen LogP contribution in [0.4, 0.5) is 0 Å². The fourth-order valence-corrected chi connectivity index (χ4v) is 4.48. The summed E-state index contributed by atoms with van der Waals surface area (Å²) in [6.07, 6.45) is 8.89. The third kappa shape index (κ3) is 1.42. The van der Waals surface area contributed by atoms with Crippen LogP contribution < -0.4 is 0 Å². The predicted octanol–water partition coefficient (Wildman–Crippen LogP) is 1.26. The molecule has 0 aromatic carbocycles. The van der Waals surface area contributed by atoms with Gasteiger partial charge in [-0.3, -0.25) is 0 Å². The van der Waals surface area contributed by atoms with Crippen LogP contribution in [0.25, 0.3) is 0 Å². The van der Waals surface area contributed by atoms with Gasteiger partial charge < -0.3 is 4.74 Å². The first-order chi connectivity index (χ1) is 5.40. The van der Waals surface area contributed by atoms with Crippen LogP contribution in [0.1, 0.15) is 14.3 Å². The van der Waals surface area contributed by atoms with E-state index < -0.39 is 0 Å². The molecular weight excluding hydrogens is 152 g/mol. The van der Waals surface area contributed by atoms with Crippen LogP contribution in [0.3, 0.4) is 0 Å². The molecule has 0 aliphatic heterocycles. The standard InChI is InChI=1S/C9H16OSi/c1-10-6-11-9-5-7-2-3-8(9)4-7/h2-3,7-9H,4-6,11H2,1H3/p+1. The minimum absolute atomic E-state index is 0. The molecule has 1 fully saturated rings. The van der Waals surface area contributed by atoms with Gasteiger partial charge in [-0.1, -0.05) is 12.2 Å². The lowest BCUT2D eigenvalue weighted by Crippen LogP contribution is -2.13. The molecular formula is C9H17OSi+. The zero-order chi connectivity index (χ0) is 7.68. The van der Waals surface area contributed by atoms with Crippen molar-refractivity contribution in [3.05, 3.63) is 12.2 Å². The van der Waals surface area contributed by atoms with Crippen LogP contribution in [-0.4, -0.2) is 22.9 Å². The van der Waals surface area contributed by atoms with Gasteiger partial charge in [0.15, 0.2) is 0 Å². The highest BCUT2D eigenvalue weighted by molar-refractivity contribution is 6.37. The summed E-state index contributed by atoms with van der Waals surface area (Å²) in [4.78, 5) is 0. The summed E-state index contributed by atoms with van der Waals surface area (Å²) in [6.45, 7) is 0. The molecule has 0 heterocycles. The Labute approximate surface area is 72.1 Å². The monoisotopic (exact) mass is 169 g/mol. The van der Waals surface area contributed by atoms with Crippen molar-refractivity contribution < 1.29 is 6.16 Å². The Hall–Kier alpha value is -0.0831. The molecule has 1 nitrogen and oxygen atoms in total. The summed E-state index contributed by atoms with van der Waals surface area (Å²) in [5.41, 5.74) is 1.07. The zero-order valence-electron chi connectivity index (χ0n) is 8.12. The highest BCUT2D eigenvalue weighted by Crippen LogP contribution is 2.46. The Balaban J connectivity index is 0.000000720. The molecule has 0 aromatic rings. The predicted molar refractivity (Wildman–Crippen MR) is 50.6 cm³/mol. The van der Waals surface area contributed by atoms with E-state index in [4.69, 9.17) is 4.74 Å². The molecule has 0 N–H and O–H groups in total. The van der Waals surface area contributed by atoms with Crippen molar-refractivity contribution in [2.75, 3.05) is 13.3 Å². The molecule has 0 radical (unpaired) electrons. The van der Waals surface area contributed by atoms with Crippen LogP contribution in [0.15, 0.2) is 12.2 Å². The van der Waals surface area contributed by atoms with E-state index in [2.05, 4.69) is 12.2 Å². The molecule has 2 bridgehead atoms. The Morgan fingerprint density at radius 1 is 1.55 bits per heavy atom. The van der Waals surface area contributed by atoms with E-state index in [1.54, 1.807) is 0 Å². The van der Waals surface area contributed by atoms with Gasteiger partial charge in [0.2, 0.25) is 0 Å². The molecule has 3 atom stereocenters. The second-order valence-corrected chi connectivity index (χ2v) is 5.86. The molecule has 62 valence electrons. The van der Waals surface area contributed by atoms with Crippen molar-refractivity contribution in [2.24, 2.45) is 11.8 Å². The highest BCUT2D eigenvalue weighted by atomic mass is 28.2. The molecule has 1 saturated carbocycles. The van der Waals surface area contributed by atoms with E-state index >= 15 is 0 Å². The number of allylic oxidation sites excluding steroid dienone is 2. The highest BCUT2D eigenvalue weighted by Gasteiger charge is 2.34. The first-order valence-corrected chi connectivity index (χ1v) is 6.39. The first kappa shape index (κ1) is 7.56. The van der Waals surface area contributed by atoms with E-state index in [1.807, 2.05) is 7.11 Å². The lowest BCUT2D eigenvalue weighted by atomic mass is 10.1. The maximum Gasteiger partial charge on any atom is 1.00 e. The molecule has 2 aliphatic rings. The quantitative estimate of drug-likeness (QED) is 0.456. The lowest BCUT2D eigenvalue weighted by Gasteiger charge is -2.16. The maximum absolute atomic E-state index is 5.15. The number of fused-ring (bicyclic) bond motifs is 2. The van der Waals surface area contributed by atoms with Crippen molar-refractivity contribution in [1.29, 1.82) is 0 Å². The smallest absolute Gasteiger partial charge is 0.389 e. The molecule has 0 amide bonds. The zero-order valence-corrected chi connectivity index (χ0v) is 8.54. The summed E-state index contributed by atoms with van der Waals surface area (Å²) >= 11 is 0. The minimum Gasteiger partial charge on any atom is -0.389 e. The van der Waals surface area contributed by atoms with Gasteiger partial charge in [-0.15, -0.1) is 0 Å². The maximum atomic E-state index is 5.15. The molecule has 11 heavy (non-hydrogen) atoms. The summed E-state index contributed by atoms with van der Waals surface area (Å²) in [5, 5.41) is 0. The second-order valence-electron chi connectivity index (χ2n) is 3.82. The Kier molecular flexibility index (Phi) is 2.14. The number of hydrogen-bond acceptors (Lipinski definition) is 1. The van der Waals surface area contributed by atoms with Crippen molar-refractivity contribution in [2.45, 2.75) is 18.4 Å². The van der Waals surface area contributed by atoms with Crippen molar-refractivity contribution in [3.8, 4) is 0 Å². The molecule has 2 aliphatic carbocycles. The third-order valence-electron chi connectivity index (χ3n) is 3.11. The molecule has 2 heteroatoms. The van der Waals surface area contributed by atoms with E-state index in [0.29, 0.717) is 0 Å². The largest absolute Gasteiger partial charge is 1.00 e. The van der Waals surface area contributed by atoms with Crippen molar-refractivity contribution in [1.82, 2.24) is 0 Å². The van der Waals surface area contributed by atoms with Gasteiger partial charge in [0, 0.05) is 13.3 Å². The number of ether oxygens (including phenoxy) is 1. The molecule has 2 rings (SSSR count). The topological polar surface area (TPSA) is 9.23 Å². The fourth-order valence-electron chi connectivity index (χ4n) is 2.50. The van der Waals surface area contributed by atoms with Gasteiger partial charge in [0.1, 0.15) is 0 Å². The normalized spacial score (nSPS) is 41.4. The summed E-state index contributed by atoms with van der Waals surface area (Å²) in [7, 11) is 1.92. The first-order valence-electron chi connectivity index (χ1n) is 4.57.